The first-order valence-corrected chi connectivity index (χ1v) is 9.13. The highest BCUT2D eigenvalue weighted by Gasteiger charge is 2.37. The van der Waals surface area contributed by atoms with E-state index in [0.29, 0.717) is 41.7 Å². The van der Waals surface area contributed by atoms with E-state index in [4.69, 9.17) is 28.9 Å². The summed E-state index contributed by atoms with van der Waals surface area (Å²) in [5.74, 6) is -0.319. The van der Waals surface area contributed by atoms with E-state index in [1.165, 1.54) is 0 Å². The molecule has 0 aliphatic carbocycles. The Bertz CT molecular complexity index is 664. The van der Waals surface area contributed by atoms with Gasteiger partial charge in [-0.3, -0.25) is 9.59 Å². The second-order valence-electron chi connectivity index (χ2n) is 7.34. The largest absolute Gasteiger partial charge is 0.343 e. The fraction of sp³-hybridized carbons (Fsp3) is 0.556. The number of nitrogens with zero attached hydrogens (tertiary/aromatic N) is 2. The Hall–Kier alpha value is -1.30. The highest BCUT2D eigenvalue weighted by atomic mass is 35.5. The van der Waals surface area contributed by atoms with Gasteiger partial charge in [0.1, 0.15) is 6.04 Å². The molecule has 1 atom stereocenters. The molecule has 0 aromatic heterocycles. The van der Waals surface area contributed by atoms with Crippen molar-refractivity contribution >= 4 is 35.0 Å². The van der Waals surface area contributed by atoms with E-state index < -0.39 is 6.04 Å². The van der Waals surface area contributed by atoms with Gasteiger partial charge in [0.25, 0.3) is 5.91 Å². The molecule has 0 spiro atoms. The van der Waals surface area contributed by atoms with Crippen LogP contribution in [0.2, 0.25) is 10.0 Å². The predicted octanol–water partition coefficient (Wildman–Crippen LogP) is 3.04. The molecule has 0 bridgehead atoms. The monoisotopic (exact) mass is 385 g/mol. The van der Waals surface area contributed by atoms with Crippen molar-refractivity contribution in [3.8, 4) is 0 Å². The zero-order valence-electron chi connectivity index (χ0n) is 14.9. The molecular weight excluding hydrogens is 361 g/mol. The Balaban J connectivity index is 2.17. The van der Waals surface area contributed by atoms with E-state index in [2.05, 4.69) is 0 Å². The molecule has 0 radical (unpaired) electrons. The lowest BCUT2D eigenvalue weighted by Crippen LogP contribution is -2.49. The zero-order valence-corrected chi connectivity index (χ0v) is 16.4. The van der Waals surface area contributed by atoms with E-state index in [0.717, 1.165) is 6.42 Å². The Morgan fingerprint density at radius 1 is 1.36 bits per heavy atom. The van der Waals surface area contributed by atoms with Gasteiger partial charge < -0.3 is 15.5 Å². The molecule has 138 valence electrons. The van der Waals surface area contributed by atoms with Crippen LogP contribution in [0.15, 0.2) is 18.2 Å². The first kappa shape index (κ1) is 20.0. The van der Waals surface area contributed by atoms with Crippen LogP contribution in [-0.2, 0) is 4.79 Å². The minimum absolute atomic E-state index is 0.0643. The van der Waals surface area contributed by atoms with Crippen molar-refractivity contribution in [1.82, 2.24) is 9.80 Å². The molecule has 1 heterocycles. The molecule has 1 aliphatic heterocycles. The van der Waals surface area contributed by atoms with Crippen LogP contribution in [0, 0.1) is 5.41 Å². The van der Waals surface area contributed by atoms with E-state index >= 15 is 0 Å². The molecule has 7 heteroatoms. The Morgan fingerprint density at radius 3 is 2.68 bits per heavy atom. The lowest BCUT2D eigenvalue weighted by molar-refractivity contribution is -0.135. The van der Waals surface area contributed by atoms with Crippen LogP contribution in [0.4, 0.5) is 0 Å². The van der Waals surface area contributed by atoms with Gasteiger partial charge in [-0.25, -0.2) is 0 Å². The topological polar surface area (TPSA) is 66.6 Å². The third-order valence-electron chi connectivity index (χ3n) is 4.55. The van der Waals surface area contributed by atoms with E-state index in [9.17, 15) is 9.59 Å². The molecule has 5 nitrogen and oxygen atoms in total. The lowest BCUT2D eigenvalue weighted by Gasteiger charge is -2.33. The van der Waals surface area contributed by atoms with Crippen molar-refractivity contribution in [2.24, 2.45) is 11.1 Å². The van der Waals surface area contributed by atoms with Crippen molar-refractivity contribution in [1.29, 1.82) is 0 Å². The summed E-state index contributed by atoms with van der Waals surface area (Å²) in [5, 5.41) is 0.779. The number of likely N-dealkylation sites (tertiary alicyclic amines) is 1. The average molecular weight is 386 g/mol. The number of rotatable bonds is 5. The van der Waals surface area contributed by atoms with Crippen molar-refractivity contribution in [3.05, 3.63) is 33.8 Å². The summed E-state index contributed by atoms with van der Waals surface area (Å²) in [5.41, 5.74) is 5.92. The standard InChI is InChI=1S/C18H25Cl2N3O2/c1-18(2,10-21)11-22(3)17(25)15-5-4-8-23(15)16(24)13-9-12(19)6-7-14(13)20/h6-7,9,15H,4-5,8,10-11,21H2,1-3H3. The average Bonchev–Trinajstić information content (AvgIpc) is 3.04. The Labute approximate surface area is 159 Å². The maximum Gasteiger partial charge on any atom is 0.256 e. The van der Waals surface area contributed by atoms with Crippen LogP contribution >= 0.6 is 23.2 Å². The lowest BCUT2D eigenvalue weighted by atomic mass is 9.93. The van der Waals surface area contributed by atoms with Crippen LogP contribution in [0.25, 0.3) is 0 Å². The minimum Gasteiger partial charge on any atom is -0.343 e. The number of nitrogens with two attached hydrogens (primary N) is 1. The van der Waals surface area contributed by atoms with Crippen LogP contribution in [0.3, 0.4) is 0 Å². The summed E-state index contributed by atoms with van der Waals surface area (Å²) in [4.78, 5) is 29.0. The number of likely N-dealkylation sites (N-methyl/N-ethyl adjacent to an activating group) is 1. The fourth-order valence-electron chi connectivity index (χ4n) is 3.12. The Kier molecular flexibility index (Phi) is 6.35. The van der Waals surface area contributed by atoms with Crippen molar-refractivity contribution in [3.63, 3.8) is 0 Å². The summed E-state index contributed by atoms with van der Waals surface area (Å²) in [6.07, 6.45) is 1.44. The highest BCUT2D eigenvalue weighted by Crippen LogP contribution is 2.27. The van der Waals surface area contributed by atoms with Gasteiger partial charge in [0.15, 0.2) is 0 Å². The van der Waals surface area contributed by atoms with E-state index in [-0.39, 0.29) is 17.2 Å². The van der Waals surface area contributed by atoms with Gasteiger partial charge >= 0.3 is 0 Å². The van der Waals surface area contributed by atoms with Gasteiger partial charge in [-0.2, -0.15) is 0 Å². The van der Waals surface area contributed by atoms with E-state index in [1.54, 1.807) is 35.0 Å². The van der Waals surface area contributed by atoms with Gasteiger partial charge in [-0.05, 0) is 43.0 Å². The zero-order chi connectivity index (χ0) is 18.8. The first-order valence-electron chi connectivity index (χ1n) is 8.37. The summed E-state index contributed by atoms with van der Waals surface area (Å²) in [6, 6.07) is 4.31. The summed E-state index contributed by atoms with van der Waals surface area (Å²) in [7, 11) is 1.76. The number of hydrogen-bond donors (Lipinski definition) is 1. The second kappa shape index (κ2) is 7.94. The number of benzene rings is 1. The molecule has 0 saturated carbocycles. The third kappa shape index (κ3) is 4.66. The maximum atomic E-state index is 12.9. The third-order valence-corrected chi connectivity index (χ3v) is 5.12. The van der Waals surface area contributed by atoms with Crippen LogP contribution < -0.4 is 5.73 Å². The van der Waals surface area contributed by atoms with Crippen LogP contribution in [0.5, 0.6) is 0 Å². The number of amides is 2. The molecule has 1 aliphatic rings. The molecule has 2 rings (SSSR count). The van der Waals surface area contributed by atoms with Gasteiger partial charge in [-0.1, -0.05) is 37.0 Å². The van der Waals surface area contributed by atoms with Crippen molar-refractivity contribution in [2.45, 2.75) is 32.7 Å². The summed E-state index contributed by atoms with van der Waals surface area (Å²) < 4.78 is 0. The fourth-order valence-corrected chi connectivity index (χ4v) is 3.49. The molecule has 1 saturated heterocycles. The van der Waals surface area contributed by atoms with Crippen molar-refractivity contribution < 1.29 is 9.59 Å². The second-order valence-corrected chi connectivity index (χ2v) is 8.19. The molecule has 1 unspecified atom stereocenters. The first-order chi connectivity index (χ1) is 11.7. The Morgan fingerprint density at radius 2 is 2.04 bits per heavy atom. The highest BCUT2D eigenvalue weighted by molar-refractivity contribution is 6.35. The smallest absolute Gasteiger partial charge is 0.256 e. The number of carbonyl (C=O) groups excluding carboxylic acids is 2. The van der Waals surface area contributed by atoms with Crippen LogP contribution in [0.1, 0.15) is 37.0 Å². The maximum absolute atomic E-state index is 12.9. The molecule has 2 N–H and O–H groups in total. The molecule has 1 aromatic rings. The number of halogens is 2. The summed E-state index contributed by atoms with van der Waals surface area (Å²) in [6.45, 7) is 5.58. The molecule has 1 fully saturated rings. The molecule has 25 heavy (non-hydrogen) atoms. The number of hydrogen-bond acceptors (Lipinski definition) is 3. The summed E-state index contributed by atoms with van der Waals surface area (Å²) >= 11 is 12.1. The quantitative estimate of drug-likeness (QED) is 0.846. The van der Waals surface area contributed by atoms with Crippen molar-refractivity contribution in [2.75, 3.05) is 26.7 Å². The number of carbonyl (C=O) groups is 2. The molecular formula is C18H25Cl2N3O2. The van der Waals surface area contributed by atoms with Gasteiger partial charge in [-0.15, -0.1) is 0 Å². The molecule has 2 amide bonds. The van der Waals surface area contributed by atoms with Crippen LogP contribution in [-0.4, -0.2) is 54.3 Å². The molecule has 1 aromatic carbocycles. The van der Waals surface area contributed by atoms with E-state index in [1.807, 2.05) is 13.8 Å². The predicted molar refractivity (Wildman–Crippen MR) is 101 cm³/mol. The normalized spacial score (nSPS) is 17.7. The minimum atomic E-state index is -0.471. The SMILES string of the molecule is CN(CC(C)(C)CN)C(=O)C1CCCN1C(=O)c1cc(Cl)ccc1Cl. The van der Waals surface area contributed by atoms with Gasteiger partial charge in [0, 0.05) is 25.2 Å². The van der Waals surface area contributed by atoms with Gasteiger partial charge in [0.05, 0.1) is 10.6 Å². The van der Waals surface area contributed by atoms with Gasteiger partial charge in [0.2, 0.25) is 5.91 Å².